The number of hydrogen-bond acceptors (Lipinski definition) is 2. The molecule has 2 atom stereocenters. The molecule has 4 saturated carbocycles. The summed E-state index contributed by atoms with van der Waals surface area (Å²) in [6.45, 7) is 0. The van der Waals surface area contributed by atoms with Crippen LogP contribution in [0.25, 0.3) is 0 Å². The monoisotopic (exact) mass is 672 g/mol. The summed E-state index contributed by atoms with van der Waals surface area (Å²) in [6.07, 6.45) is 36.7. The van der Waals surface area contributed by atoms with Gasteiger partial charge in [0.05, 0.1) is 0 Å². The summed E-state index contributed by atoms with van der Waals surface area (Å²) in [5, 5.41) is 0. The molecule has 2 unspecified atom stereocenters. The van der Waals surface area contributed by atoms with Gasteiger partial charge in [-0.15, -0.1) is 0 Å². The number of methoxy groups -OCH3 is 2. The Balaban J connectivity index is 0.000000498. The van der Waals surface area contributed by atoms with Crippen molar-refractivity contribution >= 4 is 0 Å². The van der Waals surface area contributed by atoms with Gasteiger partial charge < -0.3 is 9.47 Å². The van der Waals surface area contributed by atoms with E-state index in [1.54, 1.807) is 14.2 Å². The number of hydrogen-bond donors (Lipinski definition) is 0. The van der Waals surface area contributed by atoms with Crippen molar-refractivity contribution in [1.29, 1.82) is 0 Å². The van der Waals surface area contributed by atoms with Crippen LogP contribution in [0.4, 0.5) is 0 Å². The summed E-state index contributed by atoms with van der Waals surface area (Å²) >= 11 is 0. The van der Waals surface area contributed by atoms with E-state index in [0.29, 0.717) is 6.42 Å². The molecule has 0 bridgehead atoms. The first-order chi connectivity index (χ1) is 21.2. The van der Waals surface area contributed by atoms with E-state index in [9.17, 15) is 0 Å². The molecular formula is C41H36Fe2O2. The van der Waals surface area contributed by atoms with Crippen molar-refractivity contribution in [3.63, 3.8) is 0 Å². The fourth-order valence-corrected chi connectivity index (χ4v) is 4.88. The van der Waals surface area contributed by atoms with Gasteiger partial charge in [-0.05, 0) is 144 Å². The summed E-state index contributed by atoms with van der Waals surface area (Å²) in [6, 6.07) is 20.2. The van der Waals surface area contributed by atoms with Gasteiger partial charge in [-0.1, -0.05) is 66.6 Å². The Kier molecular flexibility index (Phi) is 19.5. The molecule has 0 spiro atoms. The Hall–Kier alpha value is -1.48. The first kappa shape index (κ1) is 39.7. The molecule has 4 aliphatic rings. The van der Waals surface area contributed by atoms with Crippen LogP contribution in [0, 0.1) is 151 Å². The van der Waals surface area contributed by atoms with Crippen LogP contribution in [0.5, 0.6) is 0 Å². The summed E-state index contributed by atoms with van der Waals surface area (Å²) in [4.78, 5) is 0. The molecule has 2 aromatic carbocycles. The van der Waals surface area contributed by atoms with Crippen molar-refractivity contribution in [3.05, 3.63) is 199 Å². The topological polar surface area (TPSA) is 18.5 Å². The van der Waals surface area contributed by atoms with Gasteiger partial charge in [-0.3, -0.25) is 0 Å². The minimum Gasteiger partial charge on any atom is -0.372 e. The van der Waals surface area contributed by atoms with Crippen LogP contribution in [0.15, 0.2) is 60.7 Å². The number of benzene rings is 2. The average molecular weight is 672 g/mol. The van der Waals surface area contributed by atoms with Crippen LogP contribution in [0.2, 0.25) is 0 Å². The van der Waals surface area contributed by atoms with E-state index >= 15 is 0 Å². The molecule has 20 radical (unpaired) electrons. The Bertz CT molecular complexity index is 1130. The fourth-order valence-electron chi connectivity index (χ4n) is 4.88. The maximum Gasteiger partial charge on any atom is 0.161 e. The molecule has 45 heavy (non-hydrogen) atoms. The second-order valence-corrected chi connectivity index (χ2v) is 9.65. The zero-order valence-electron chi connectivity index (χ0n) is 25.4. The Labute approximate surface area is 296 Å². The fraction of sp³-hybridized carbons (Fsp3) is 0.122. The van der Waals surface area contributed by atoms with Gasteiger partial charge in [0, 0.05) is 66.6 Å². The molecule has 0 saturated heterocycles. The van der Waals surface area contributed by atoms with Crippen molar-refractivity contribution in [1.82, 2.24) is 0 Å². The SMILES string of the molecule is COC(C#CC#CCC(OC)([C]1[CH][CH][CH][CH]1)c1ccccc1)([C]1[CH][CH][CH][CH]1)c1ccccc1.[CH]1[CH][CH][CH][CH]1.[CH]1[CH][CH][CH][CH]1.[Fe].[Fe]. The maximum absolute atomic E-state index is 6.09. The molecule has 4 fully saturated rings. The second-order valence-electron chi connectivity index (χ2n) is 9.65. The van der Waals surface area contributed by atoms with Crippen LogP contribution in [-0.2, 0) is 54.8 Å². The summed E-state index contributed by atoms with van der Waals surface area (Å²) < 4.78 is 12.1. The predicted molar refractivity (Wildman–Crippen MR) is 174 cm³/mol. The Morgan fingerprint density at radius 1 is 0.489 bits per heavy atom. The Morgan fingerprint density at radius 2 is 0.911 bits per heavy atom. The molecule has 0 N–H and O–H groups in total. The first-order valence-corrected chi connectivity index (χ1v) is 14.2. The van der Waals surface area contributed by atoms with Crippen molar-refractivity contribution in [2.24, 2.45) is 0 Å². The molecule has 4 aliphatic carbocycles. The third-order valence-corrected chi connectivity index (χ3v) is 7.11. The molecule has 228 valence electrons. The molecule has 2 nitrogen and oxygen atoms in total. The largest absolute Gasteiger partial charge is 0.372 e. The average Bonchev–Trinajstić information content (AvgIpc) is 3.91. The standard InChI is InChI=1S/C31H26O2.2C5H5.2Fe/c1-32-30(28-20-10-11-21-28,26-16-6-3-7-17-26)24-14-5-15-25-31(33-2,29-22-12-13-23-29)27-18-8-4-9-19-27;2*1-2-4-5-3-1;;/h3-4,6-13,16-23H,24H2,1-2H3;2*1-5H;;. The third-order valence-electron chi connectivity index (χ3n) is 7.11. The maximum atomic E-state index is 6.09. The molecule has 0 heterocycles. The number of ether oxygens (including phenoxy) is 2. The van der Waals surface area contributed by atoms with Gasteiger partial charge in [-0.25, -0.2) is 0 Å². The van der Waals surface area contributed by atoms with E-state index in [4.69, 9.17) is 9.47 Å². The summed E-state index contributed by atoms with van der Waals surface area (Å²) in [5.74, 6) is 14.7. The number of rotatable bonds is 7. The van der Waals surface area contributed by atoms with Gasteiger partial charge in [-0.2, -0.15) is 0 Å². The smallest absolute Gasteiger partial charge is 0.161 e. The van der Waals surface area contributed by atoms with E-state index in [0.717, 1.165) is 23.0 Å². The van der Waals surface area contributed by atoms with E-state index in [1.807, 2.05) is 151 Å². The predicted octanol–water partition coefficient (Wildman–Crippen LogP) is 7.32. The third kappa shape index (κ3) is 11.3. The molecule has 0 amide bonds. The van der Waals surface area contributed by atoms with Crippen molar-refractivity contribution in [2.45, 2.75) is 17.6 Å². The van der Waals surface area contributed by atoms with Crippen LogP contribution < -0.4 is 0 Å². The van der Waals surface area contributed by atoms with E-state index in [1.165, 1.54) is 0 Å². The molecule has 2 aromatic rings. The van der Waals surface area contributed by atoms with Crippen molar-refractivity contribution in [3.8, 4) is 23.7 Å². The van der Waals surface area contributed by atoms with Gasteiger partial charge in [0.25, 0.3) is 0 Å². The van der Waals surface area contributed by atoms with Gasteiger partial charge in [0.2, 0.25) is 0 Å². The van der Waals surface area contributed by atoms with E-state index < -0.39 is 11.2 Å². The van der Waals surface area contributed by atoms with Crippen LogP contribution in [-0.4, -0.2) is 14.2 Å². The van der Waals surface area contributed by atoms with Crippen molar-refractivity contribution < 1.29 is 43.6 Å². The van der Waals surface area contributed by atoms with Crippen LogP contribution in [0.1, 0.15) is 17.5 Å². The first-order valence-electron chi connectivity index (χ1n) is 14.2. The minimum absolute atomic E-state index is 0. The zero-order valence-corrected chi connectivity index (χ0v) is 27.6. The van der Waals surface area contributed by atoms with E-state index in [-0.39, 0.29) is 34.1 Å². The van der Waals surface area contributed by atoms with Gasteiger partial charge in [0.15, 0.2) is 5.60 Å². The molecule has 6 rings (SSSR count). The second kappa shape index (κ2) is 22.2. The van der Waals surface area contributed by atoms with E-state index in [2.05, 4.69) is 48.7 Å². The summed E-state index contributed by atoms with van der Waals surface area (Å²) in [7, 11) is 3.41. The molecular weight excluding hydrogens is 636 g/mol. The van der Waals surface area contributed by atoms with Crippen LogP contribution >= 0.6 is 0 Å². The van der Waals surface area contributed by atoms with Crippen LogP contribution in [0.3, 0.4) is 0 Å². The summed E-state index contributed by atoms with van der Waals surface area (Å²) in [5.41, 5.74) is 0.514. The van der Waals surface area contributed by atoms with Crippen molar-refractivity contribution in [2.75, 3.05) is 14.2 Å². The minimum atomic E-state index is -0.872. The van der Waals surface area contributed by atoms with Gasteiger partial charge >= 0.3 is 0 Å². The zero-order chi connectivity index (χ0) is 30.1. The molecule has 0 aromatic heterocycles. The van der Waals surface area contributed by atoms with Gasteiger partial charge in [0.1, 0.15) is 5.60 Å². The molecule has 0 aliphatic heterocycles. The normalized spacial score (nSPS) is 20.1. The quantitative estimate of drug-likeness (QED) is 0.227. The molecule has 4 heteroatoms. The Morgan fingerprint density at radius 3 is 1.33 bits per heavy atom.